The summed E-state index contributed by atoms with van der Waals surface area (Å²) in [6.45, 7) is 12.5. The molecule has 0 radical (unpaired) electrons. The van der Waals surface area contributed by atoms with Crippen LogP contribution in [0, 0.1) is 5.41 Å². The molecule has 0 heterocycles. The van der Waals surface area contributed by atoms with Gasteiger partial charge in [-0.3, -0.25) is 0 Å². The van der Waals surface area contributed by atoms with Crippen molar-refractivity contribution in [1.82, 2.24) is 0 Å². The maximum Gasteiger partial charge on any atom is 0.0623 e. The van der Waals surface area contributed by atoms with Crippen LogP contribution in [0.4, 0.5) is 0 Å². The lowest BCUT2D eigenvalue weighted by atomic mass is 9.85. The smallest absolute Gasteiger partial charge is 0.0623 e. The second-order valence-electron chi connectivity index (χ2n) is 7.34. The largest absolute Gasteiger partial charge is 0.378 e. The van der Waals surface area contributed by atoms with Crippen molar-refractivity contribution in [2.75, 3.05) is 6.61 Å². The molecule has 0 amide bonds. The van der Waals surface area contributed by atoms with Gasteiger partial charge in [0.15, 0.2) is 0 Å². The normalized spacial score (nSPS) is 13.7. The summed E-state index contributed by atoms with van der Waals surface area (Å²) in [7, 11) is 0. The van der Waals surface area contributed by atoms with Crippen molar-refractivity contribution in [2.24, 2.45) is 5.41 Å². The molecule has 0 aromatic rings. The molecule has 0 rings (SSSR count). The molecule has 0 aliphatic heterocycles. The molecule has 0 N–H and O–H groups in total. The zero-order valence-electron chi connectivity index (χ0n) is 15.0. The van der Waals surface area contributed by atoms with E-state index >= 15 is 0 Å². The van der Waals surface area contributed by atoms with E-state index in [0.717, 1.165) is 6.61 Å². The molecule has 0 aromatic heterocycles. The van der Waals surface area contributed by atoms with Gasteiger partial charge >= 0.3 is 0 Å². The number of unbranched alkanes of at least 4 members (excludes halogenated alkanes) is 8. The summed E-state index contributed by atoms with van der Waals surface area (Å²) in [5.41, 5.74) is 0.286. The van der Waals surface area contributed by atoms with Crippen LogP contribution in [0.15, 0.2) is 0 Å². The summed E-state index contributed by atoms with van der Waals surface area (Å²) in [6, 6.07) is 0. The van der Waals surface area contributed by atoms with Crippen LogP contribution in [0.25, 0.3) is 0 Å². The summed E-state index contributed by atoms with van der Waals surface area (Å²) in [5, 5.41) is 0. The van der Waals surface area contributed by atoms with Crippen LogP contribution in [-0.2, 0) is 4.74 Å². The van der Waals surface area contributed by atoms with Gasteiger partial charge in [-0.25, -0.2) is 0 Å². The lowest BCUT2D eigenvalue weighted by molar-refractivity contribution is -0.0256. The Bertz CT molecular complexity index is 192. The van der Waals surface area contributed by atoms with Gasteiger partial charge in [-0.2, -0.15) is 0 Å². The van der Waals surface area contributed by atoms with Gasteiger partial charge < -0.3 is 4.74 Å². The molecular weight excluding hydrogens is 244 g/mol. The van der Waals surface area contributed by atoms with E-state index in [0.29, 0.717) is 6.10 Å². The minimum absolute atomic E-state index is 0.286. The standard InChI is InChI=1S/C19H40O/c1-6-8-10-12-13-14-16-18(19(3,4)5)20-17-15-11-9-7-2/h18H,6-17H2,1-5H3. The lowest BCUT2D eigenvalue weighted by Crippen LogP contribution is -2.29. The molecular formula is C19H40O. The Labute approximate surface area is 128 Å². The summed E-state index contributed by atoms with van der Waals surface area (Å²) < 4.78 is 6.18. The molecule has 1 heteroatoms. The van der Waals surface area contributed by atoms with Crippen LogP contribution in [0.5, 0.6) is 0 Å². The zero-order chi connectivity index (χ0) is 15.3. The fourth-order valence-corrected chi connectivity index (χ4v) is 2.63. The minimum atomic E-state index is 0.286. The minimum Gasteiger partial charge on any atom is -0.378 e. The van der Waals surface area contributed by atoms with Crippen LogP contribution in [0.1, 0.15) is 105 Å². The van der Waals surface area contributed by atoms with Crippen molar-refractivity contribution in [3.8, 4) is 0 Å². The molecule has 0 aromatic carbocycles. The van der Waals surface area contributed by atoms with E-state index in [-0.39, 0.29) is 5.41 Å². The van der Waals surface area contributed by atoms with Crippen molar-refractivity contribution < 1.29 is 4.74 Å². The van der Waals surface area contributed by atoms with Crippen molar-refractivity contribution in [2.45, 2.75) is 111 Å². The van der Waals surface area contributed by atoms with Crippen molar-refractivity contribution in [1.29, 1.82) is 0 Å². The summed E-state index contributed by atoms with van der Waals surface area (Å²) in [5.74, 6) is 0. The maximum absolute atomic E-state index is 6.18. The Kier molecular flexibility index (Phi) is 12.7. The highest BCUT2D eigenvalue weighted by Crippen LogP contribution is 2.27. The first-order chi connectivity index (χ1) is 9.52. The van der Waals surface area contributed by atoms with Gasteiger partial charge in [0.25, 0.3) is 0 Å². The number of rotatable bonds is 13. The molecule has 1 unspecified atom stereocenters. The quantitative estimate of drug-likeness (QED) is 0.340. The van der Waals surface area contributed by atoms with E-state index in [1.54, 1.807) is 0 Å². The Morgan fingerprint density at radius 2 is 1.20 bits per heavy atom. The highest BCUT2D eigenvalue weighted by Gasteiger charge is 2.24. The fourth-order valence-electron chi connectivity index (χ4n) is 2.63. The van der Waals surface area contributed by atoms with E-state index in [4.69, 9.17) is 4.74 Å². The highest BCUT2D eigenvalue weighted by molar-refractivity contribution is 4.74. The maximum atomic E-state index is 6.18. The van der Waals surface area contributed by atoms with E-state index in [2.05, 4.69) is 34.6 Å². The van der Waals surface area contributed by atoms with Gasteiger partial charge in [0.2, 0.25) is 0 Å². The molecule has 0 spiro atoms. The second-order valence-corrected chi connectivity index (χ2v) is 7.34. The summed E-state index contributed by atoms with van der Waals surface area (Å²) in [6.07, 6.45) is 15.2. The van der Waals surface area contributed by atoms with Crippen LogP contribution < -0.4 is 0 Å². The van der Waals surface area contributed by atoms with Crippen LogP contribution in [-0.4, -0.2) is 12.7 Å². The Balaban J connectivity index is 3.75. The zero-order valence-corrected chi connectivity index (χ0v) is 15.0. The van der Waals surface area contributed by atoms with Gasteiger partial charge in [-0.15, -0.1) is 0 Å². The molecule has 20 heavy (non-hydrogen) atoms. The number of hydrogen-bond acceptors (Lipinski definition) is 1. The first-order valence-corrected chi connectivity index (χ1v) is 9.14. The predicted molar refractivity (Wildman–Crippen MR) is 91.3 cm³/mol. The van der Waals surface area contributed by atoms with E-state index in [9.17, 15) is 0 Å². The van der Waals surface area contributed by atoms with Crippen molar-refractivity contribution in [3.63, 3.8) is 0 Å². The summed E-state index contributed by atoms with van der Waals surface area (Å²) >= 11 is 0. The second kappa shape index (κ2) is 12.7. The number of hydrogen-bond donors (Lipinski definition) is 0. The monoisotopic (exact) mass is 284 g/mol. The van der Waals surface area contributed by atoms with Crippen LogP contribution >= 0.6 is 0 Å². The van der Waals surface area contributed by atoms with Gasteiger partial charge in [-0.05, 0) is 18.3 Å². The first kappa shape index (κ1) is 20.0. The molecule has 0 aliphatic carbocycles. The Hall–Kier alpha value is -0.0400. The molecule has 1 nitrogen and oxygen atoms in total. The highest BCUT2D eigenvalue weighted by atomic mass is 16.5. The van der Waals surface area contributed by atoms with Crippen LogP contribution in [0.3, 0.4) is 0 Å². The fraction of sp³-hybridized carbons (Fsp3) is 1.00. The lowest BCUT2D eigenvalue weighted by Gasteiger charge is -2.31. The predicted octanol–water partition coefficient (Wildman–Crippen LogP) is 6.75. The Morgan fingerprint density at radius 1 is 0.700 bits per heavy atom. The molecule has 0 saturated carbocycles. The van der Waals surface area contributed by atoms with E-state index in [1.165, 1.54) is 70.6 Å². The van der Waals surface area contributed by atoms with Gasteiger partial charge in [0.1, 0.15) is 0 Å². The van der Waals surface area contributed by atoms with Gasteiger partial charge in [-0.1, -0.05) is 92.4 Å². The molecule has 1 atom stereocenters. The summed E-state index contributed by atoms with van der Waals surface area (Å²) in [4.78, 5) is 0. The van der Waals surface area contributed by atoms with Crippen molar-refractivity contribution >= 4 is 0 Å². The van der Waals surface area contributed by atoms with Gasteiger partial charge in [0, 0.05) is 6.61 Å². The average molecular weight is 285 g/mol. The van der Waals surface area contributed by atoms with Gasteiger partial charge in [0.05, 0.1) is 6.10 Å². The average Bonchev–Trinajstić information content (AvgIpc) is 2.38. The Morgan fingerprint density at radius 3 is 1.75 bits per heavy atom. The third kappa shape index (κ3) is 11.8. The van der Waals surface area contributed by atoms with Crippen LogP contribution in [0.2, 0.25) is 0 Å². The topological polar surface area (TPSA) is 9.23 Å². The third-order valence-corrected chi connectivity index (χ3v) is 4.10. The molecule has 0 aliphatic rings. The van der Waals surface area contributed by atoms with E-state index in [1.807, 2.05) is 0 Å². The number of ether oxygens (including phenoxy) is 1. The third-order valence-electron chi connectivity index (χ3n) is 4.10. The SMILES string of the molecule is CCCCCCCCC(OCCCCCC)C(C)(C)C. The first-order valence-electron chi connectivity index (χ1n) is 9.14. The van der Waals surface area contributed by atoms with E-state index < -0.39 is 0 Å². The van der Waals surface area contributed by atoms with Crippen molar-refractivity contribution in [3.05, 3.63) is 0 Å². The molecule has 0 saturated heterocycles. The molecule has 0 bridgehead atoms. The molecule has 0 fully saturated rings. The molecule has 122 valence electrons.